The average Bonchev–Trinajstić information content (AvgIpc) is 3.35. The number of piperidine rings is 1. The topological polar surface area (TPSA) is 150 Å². The summed E-state index contributed by atoms with van der Waals surface area (Å²) < 4.78 is 48.0. The molecule has 0 spiro atoms. The van der Waals surface area contributed by atoms with E-state index in [1.165, 1.54) is 6.07 Å². The van der Waals surface area contributed by atoms with Crippen LogP contribution in [0, 0.1) is 18.3 Å². The van der Waals surface area contributed by atoms with E-state index in [4.69, 9.17) is 17.0 Å². The minimum Gasteiger partial charge on any atom is -0.491 e. The predicted molar refractivity (Wildman–Crippen MR) is 230 cm³/mol. The Bertz CT molecular complexity index is 2340. The van der Waals surface area contributed by atoms with E-state index in [0.717, 1.165) is 33.9 Å². The lowest BCUT2D eigenvalue weighted by atomic mass is 9.96. The zero-order valence-corrected chi connectivity index (χ0v) is 35.9. The molecule has 4 amide bonds. The molecule has 2 atom stereocenters. The summed E-state index contributed by atoms with van der Waals surface area (Å²) in [5, 5.41) is 17.7. The lowest BCUT2D eigenvalue weighted by molar-refractivity contribution is -0.138. The summed E-state index contributed by atoms with van der Waals surface area (Å²) in [6, 6.07) is 15.1. The van der Waals surface area contributed by atoms with Gasteiger partial charge in [0.25, 0.3) is 5.91 Å². The Kier molecular flexibility index (Phi) is 12.7. The van der Waals surface area contributed by atoms with Gasteiger partial charge in [0.1, 0.15) is 23.9 Å². The fraction of sp³-hybridized carbons (Fsp3) is 0.409. The van der Waals surface area contributed by atoms with Crippen molar-refractivity contribution >= 4 is 63.7 Å². The van der Waals surface area contributed by atoms with E-state index >= 15 is 0 Å². The summed E-state index contributed by atoms with van der Waals surface area (Å²) in [5.41, 5.74) is 1.33. The molecule has 3 aliphatic rings. The number of nitrogens with one attached hydrogen (secondary N) is 3. The molecule has 322 valence electrons. The Morgan fingerprint density at radius 2 is 1.80 bits per heavy atom. The second kappa shape index (κ2) is 17.4. The van der Waals surface area contributed by atoms with Crippen LogP contribution in [0.2, 0.25) is 0 Å². The number of benzene rings is 3. The van der Waals surface area contributed by atoms with Crippen LogP contribution in [-0.4, -0.2) is 82.4 Å². The number of amides is 4. The van der Waals surface area contributed by atoms with E-state index < -0.39 is 34.8 Å². The Balaban J connectivity index is 1.09. The largest absolute Gasteiger partial charge is 0.491 e. The van der Waals surface area contributed by atoms with Gasteiger partial charge in [-0.2, -0.15) is 18.4 Å². The first kappa shape index (κ1) is 44.4. The Hall–Kier alpha value is -6.15. The number of anilines is 4. The molecule has 3 aromatic rings. The van der Waals surface area contributed by atoms with E-state index in [2.05, 4.69) is 20.9 Å². The number of rotatable bonds is 12. The third-order valence-electron chi connectivity index (χ3n) is 11.1. The molecule has 2 saturated heterocycles. The van der Waals surface area contributed by atoms with Gasteiger partial charge in [-0.15, -0.1) is 0 Å². The Labute approximate surface area is 358 Å². The molecule has 3 aliphatic heterocycles. The maximum atomic E-state index is 13.9. The summed E-state index contributed by atoms with van der Waals surface area (Å²) in [5.74, 6) is -0.722. The van der Waals surface area contributed by atoms with Crippen molar-refractivity contribution < 1.29 is 37.1 Å². The van der Waals surface area contributed by atoms with E-state index in [9.17, 15) is 37.6 Å². The van der Waals surface area contributed by atoms with Crippen LogP contribution in [0.3, 0.4) is 0 Å². The van der Waals surface area contributed by atoms with E-state index in [0.29, 0.717) is 48.9 Å². The molecule has 6 rings (SSSR count). The van der Waals surface area contributed by atoms with Crippen LogP contribution in [0.4, 0.5) is 35.9 Å². The summed E-state index contributed by atoms with van der Waals surface area (Å²) >= 11 is 5.80. The number of allylic oxidation sites excluding steroid dienone is 1. The van der Waals surface area contributed by atoms with Crippen molar-refractivity contribution in [3.05, 3.63) is 88.7 Å². The highest BCUT2D eigenvalue weighted by Gasteiger charge is 2.51. The molecule has 2 fully saturated rings. The van der Waals surface area contributed by atoms with Crippen molar-refractivity contribution in [3.8, 4) is 11.8 Å². The molecule has 0 aromatic heterocycles. The monoisotopic (exact) mass is 858 g/mol. The number of ether oxygens (including phenoxy) is 1. The molecule has 0 saturated carbocycles. The maximum absolute atomic E-state index is 13.9. The number of aryl methyl sites for hydroxylation is 1. The number of thiocarbonyl (C=S) groups is 1. The summed E-state index contributed by atoms with van der Waals surface area (Å²) in [6.07, 6.45) is -2.16. The molecular formula is C44H49F3N8O5S. The van der Waals surface area contributed by atoms with Gasteiger partial charge in [-0.3, -0.25) is 29.4 Å². The van der Waals surface area contributed by atoms with Gasteiger partial charge in [-0.05, 0) is 119 Å². The molecule has 3 heterocycles. The number of nitriles is 1. The highest BCUT2D eigenvalue weighted by Crippen LogP contribution is 2.43. The van der Waals surface area contributed by atoms with Crippen LogP contribution in [0.15, 0.2) is 66.5 Å². The zero-order valence-electron chi connectivity index (χ0n) is 35.1. The Morgan fingerprint density at radius 3 is 2.46 bits per heavy atom. The fourth-order valence-electron chi connectivity index (χ4n) is 7.89. The molecule has 3 aromatic carbocycles. The lowest BCUT2D eigenvalue weighted by Gasteiger charge is -2.40. The SMILES string of the molecule is CC1=CN(CCOc2cc(C)c(N3C(=S)N(c4ccc(C#N)c(C(F)(F)F)c4)C(=O)C3(C)C)cc2C(C)C)C[C@H](C)N1CC(=O)Nc1cccc(NC2CCC(=O)NC2=O)c1. The van der Waals surface area contributed by atoms with Gasteiger partial charge in [0.05, 0.1) is 36.0 Å². The Morgan fingerprint density at radius 1 is 1.08 bits per heavy atom. The van der Waals surface area contributed by atoms with Crippen LogP contribution >= 0.6 is 12.2 Å². The van der Waals surface area contributed by atoms with Crippen molar-refractivity contribution in [2.45, 2.75) is 91.0 Å². The highest BCUT2D eigenvalue weighted by atomic mass is 32.1. The van der Waals surface area contributed by atoms with E-state index in [1.54, 1.807) is 49.1 Å². The van der Waals surface area contributed by atoms with Gasteiger partial charge < -0.3 is 30.1 Å². The van der Waals surface area contributed by atoms with Crippen molar-refractivity contribution in [1.29, 1.82) is 5.26 Å². The van der Waals surface area contributed by atoms with Crippen molar-refractivity contribution in [2.24, 2.45) is 0 Å². The number of halogens is 3. The number of alkyl halides is 3. The smallest absolute Gasteiger partial charge is 0.417 e. The van der Waals surface area contributed by atoms with Gasteiger partial charge in [0.15, 0.2) is 5.11 Å². The average molecular weight is 859 g/mol. The molecule has 13 nitrogen and oxygen atoms in total. The first-order valence-electron chi connectivity index (χ1n) is 20.0. The number of carbonyl (C=O) groups excluding carboxylic acids is 4. The highest BCUT2D eigenvalue weighted by molar-refractivity contribution is 7.81. The van der Waals surface area contributed by atoms with Crippen molar-refractivity contribution in [3.63, 3.8) is 0 Å². The van der Waals surface area contributed by atoms with Gasteiger partial charge in [-0.1, -0.05) is 19.9 Å². The normalized spacial score (nSPS) is 19.2. The van der Waals surface area contributed by atoms with E-state index in [1.807, 2.05) is 57.9 Å². The standard InChI is InChI=1S/C44H49F3N8O5S/c1-25(2)33-20-36(55-42(61)54(41(59)43(55,6)7)32-12-11-29(21-48)34(19-32)44(45,46)47)26(3)17-37(33)60-16-15-52-22-27(4)53(28(5)23-52)24-39(57)50-31-10-8-9-30(18-31)49-35-13-14-38(56)51-40(35)58/h8-12,17-20,22,25,28,35,49H,13-16,23-24H2,1-7H3,(H,50,57)(H,51,56,58)/t28-,35?/m0/s1. The fourth-order valence-corrected chi connectivity index (χ4v) is 8.41. The van der Waals surface area contributed by atoms with Gasteiger partial charge >= 0.3 is 6.18 Å². The van der Waals surface area contributed by atoms with Gasteiger partial charge in [0, 0.05) is 48.0 Å². The first-order chi connectivity index (χ1) is 28.7. The number of hydrogen-bond acceptors (Lipinski definition) is 10. The number of nitrogens with zero attached hydrogens (tertiary/aromatic N) is 5. The number of hydrogen-bond donors (Lipinski definition) is 3. The zero-order chi connectivity index (χ0) is 44.6. The van der Waals surface area contributed by atoms with Crippen molar-refractivity contribution in [2.75, 3.05) is 46.7 Å². The van der Waals surface area contributed by atoms with Crippen molar-refractivity contribution in [1.82, 2.24) is 15.1 Å². The maximum Gasteiger partial charge on any atom is 0.417 e. The van der Waals surface area contributed by atoms with Gasteiger partial charge in [0.2, 0.25) is 17.7 Å². The minimum absolute atomic E-state index is 0.00305. The number of imide groups is 1. The first-order valence-corrected chi connectivity index (χ1v) is 20.4. The molecule has 17 heteroatoms. The summed E-state index contributed by atoms with van der Waals surface area (Å²) in [6.45, 7) is 14.9. The summed E-state index contributed by atoms with van der Waals surface area (Å²) in [7, 11) is 0. The molecule has 0 bridgehead atoms. The van der Waals surface area contributed by atoms with Crippen LogP contribution in [0.5, 0.6) is 5.75 Å². The second-order valence-electron chi connectivity index (χ2n) is 16.4. The van der Waals surface area contributed by atoms with Crippen LogP contribution in [0.1, 0.15) is 82.6 Å². The van der Waals surface area contributed by atoms with Crippen LogP contribution in [-0.2, 0) is 25.4 Å². The van der Waals surface area contributed by atoms with Crippen LogP contribution < -0.4 is 30.5 Å². The van der Waals surface area contributed by atoms with Gasteiger partial charge in [-0.25, -0.2) is 0 Å². The number of carbonyl (C=O) groups is 4. The third-order valence-corrected chi connectivity index (χ3v) is 11.4. The lowest BCUT2D eigenvalue weighted by Crippen LogP contribution is -2.48. The molecule has 0 aliphatic carbocycles. The second-order valence-corrected chi connectivity index (χ2v) is 16.7. The molecule has 0 radical (unpaired) electrons. The van der Waals surface area contributed by atoms with Crippen LogP contribution in [0.25, 0.3) is 0 Å². The van der Waals surface area contributed by atoms with E-state index in [-0.39, 0.29) is 53.4 Å². The summed E-state index contributed by atoms with van der Waals surface area (Å²) in [4.78, 5) is 57.7. The molecule has 61 heavy (non-hydrogen) atoms. The molecule has 1 unspecified atom stereocenters. The minimum atomic E-state index is -4.81. The molecule has 3 N–H and O–H groups in total. The predicted octanol–water partition coefficient (Wildman–Crippen LogP) is 7.03. The molecular weight excluding hydrogens is 810 g/mol. The quantitative estimate of drug-likeness (QED) is 0.127. The third kappa shape index (κ3) is 9.44.